The third-order valence-electron chi connectivity index (χ3n) is 4.07. The molecule has 122 valence electrons. The summed E-state index contributed by atoms with van der Waals surface area (Å²) in [5, 5.41) is 6.96. The minimum Gasteiger partial charge on any atom is -0.357 e. The molecule has 0 saturated heterocycles. The molecule has 1 aromatic carbocycles. The van der Waals surface area contributed by atoms with Gasteiger partial charge in [0.05, 0.1) is 0 Å². The number of hydrogen-bond donors (Lipinski definition) is 2. The van der Waals surface area contributed by atoms with E-state index in [1.807, 2.05) is 11.8 Å². The summed E-state index contributed by atoms with van der Waals surface area (Å²) in [5.74, 6) is 2.85. The van der Waals surface area contributed by atoms with Crippen molar-refractivity contribution in [3.05, 3.63) is 35.4 Å². The highest BCUT2D eigenvalue weighted by atomic mass is 32.2. The molecule has 1 fully saturated rings. The summed E-state index contributed by atoms with van der Waals surface area (Å²) in [5.41, 5.74) is 2.88. The largest absolute Gasteiger partial charge is 0.357 e. The van der Waals surface area contributed by atoms with Crippen molar-refractivity contribution in [1.82, 2.24) is 10.6 Å². The molecule has 0 radical (unpaired) electrons. The minimum atomic E-state index is 0.532. The fourth-order valence-electron chi connectivity index (χ4n) is 2.75. The van der Waals surface area contributed by atoms with Crippen molar-refractivity contribution < 1.29 is 0 Å². The summed E-state index contributed by atoms with van der Waals surface area (Å²) in [4.78, 5) is 4.70. The molecule has 1 aliphatic rings. The lowest BCUT2D eigenvalue weighted by atomic mass is 10.0. The summed E-state index contributed by atoms with van der Waals surface area (Å²) < 4.78 is 0. The maximum absolute atomic E-state index is 4.70. The van der Waals surface area contributed by atoms with Gasteiger partial charge in [-0.3, -0.25) is 4.99 Å². The Labute approximate surface area is 139 Å². The molecule has 1 saturated carbocycles. The smallest absolute Gasteiger partial charge is 0.191 e. The molecule has 2 rings (SSSR count). The predicted octanol–water partition coefficient (Wildman–Crippen LogP) is 3.55. The van der Waals surface area contributed by atoms with E-state index in [2.05, 4.69) is 55.0 Å². The third-order valence-corrected chi connectivity index (χ3v) is 4.77. The van der Waals surface area contributed by atoms with Crippen LogP contribution in [-0.2, 0) is 0 Å². The van der Waals surface area contributed by atoms with Crippen LogP contribution in [0.15, 0.2) is 29.3 Å². The Morgan fingerprint density at radius 2 is 2.14 bits per heavy atom. The van der Waals surface area contributed by atoms with Crippen LogP contribution in [0.2, 0.25) is 0 Å². The van der Waals surface area contributed by atoms with Crippen LogP contribution < -0.4 is 10.6 Å². The Morgan fingerprint density at radius 3 is 2.86 bits per heavy atom. The van der Waals surface area contributed by atoms with E-state index in [4.69, 9.17) is 4.99 Å². The highest BCUT2D eigenvalue weighted by Gasteiger charge is 2.39. The van der Waals surface area contributed by atoms with Crippen molar-refractivity contribution in [2.75, 3.05) is 25.1 Å². The van der Waals surface area contributed by atoms with Crippen LogP contribution in [0.3, 0.4) is 0 Å². The van der Waals surface area contributed by atoms with Gasteiger partial charge in [0.1, 0.15) is 0 Å². The van der Waals surface area contributed by atoms with Gasteiger partial charge in [0, 0.05) is 25.0 Å². The second-order valence-corrected chi connectivity index (χ2v) is 6.90. The van der Waals surface area contributed by atoms with Crippen molar-refractivity contribution in [3.8, 4) is 0 Å². The van der Waals surface area contributed by atoms with Crippen LogP contribution in [-0.4, -0.2) is 37.1 Å². The first kappa shape index (κ1) is 17.2. The van der Waals surface area contributed by atoms with Gasteiger partial charge in [0.25, 0.3) is 0 Å². The van der Waals surface area contributed by atoms with E-state index in [0.29, 0.717) is 12.0 Å². The molecule has 0 aliphatic heterocycles. The molecule has 2 atom stereocenters. The molecule has 0 heterocycles. The van der Waals surface area contributed by atoms with Crippen molar-refractivity contribution in [2.45, 2.75) is 45.1 Å². The average molecular weight is 320 g/mol. The Hall–Kier alpha value is -1.16. The SMILES string of the molecule is CCNC(=NCCCCSC)NC1CC1c1ccccc1C. The fourth-order valence-corrected chi connectivity index (χ4v) is 3.24. The Morgan fingerprint density at radius 1 is 1.32 bits per heavy atom. The molecule has 22 heavy (non-hydrogen) atoms. The van der Waals surface area contributed by atoms with Crippen LogP contribution in [0, 0.1) is 6.92 Å². The standard InChI is InChI=1S/C18H29N3S/c1-4-19-18(20-11-7-8-12-22-3)21-17-13-16(17)15-10-6-5-9-14(15)2/h5-6,9-10,16-17H,4,7-8,11-13H2,1-3H3,(H2,19,20,21). The number of unbranched alkanes of at least 4 members (excludes halogenated alkanes) is 1. The molecule has 0 bridgehead atoms. The number of benzene rings is 1. The monoisotopic (exact) mass is 319 g/mol. The summed E-state index contributed by atoms with van der Waals surface area (Å²) in [6.45, 7) is 6.16. The predicted molar refractivity (Wildman–Crippen MR) is 99.1 cm³/mol. The van der Waals surface area contributed by atoms with E-state index in [1.54, 1.807) is 0 Å². The quantitative estimate of drug-likeness (QED) is 0.437. The number of aliphatic imine (C=N–C) groups is 1. The van der Waals surface area contributed by atoms with Gasteiger partial charge in [-0.25, -0.2) is 0 Å². The maximum atomic E-state index is 4.70. The highest BCUT2D eigenvalue weighted by Crippen LogP contribution is 2.41. The van der Waals surface area contributed by atoms with Crippen molar-refractivity contribution in [2.24, 2.45) is 4.99 Å². The molecule has 3 nitrogen and oxygen atoms in total. The maximum Gasteiger partial charge on any atom is 0.191 e. The topological polar surface area (TPSA) is 36.4 Å². The second-order valence-electron chi connectivity index (χ2n) is 5.91. The first-order chi connectivity index (χ1) is 10.8. The second kappa shape index (κ2) is 9.09. The molecule has 1 aromatic rings. The van der Waals surface area contributed by atoms with Gasteiger partial charge in [0.15, 0.2) is 5.96 Å². The minimum absolute atomic E-state index is 0.532. The molecule has 0 aromatic heterocycles. The number of nitrogens with one attached hydrogen (secondary N) is 2. The van der Waals surface area contributed by atoms with Gasteiger partial charge in [-0.05, 0) is 56.2 Å². The van der Waals surface area contributed by atoms with Crippen molar-refractivity contribution in [1.29, 1.82) is 0 Å². The van der Waals surface area contributed by atoms with E-state index in [9.17, 15) is 0 Å². The lowest BCUT2D eigenvalue weighted by Crippen LogP contribution is -2.39. The number of guanidine groups is 1. The van der Waals surface area contributed by atoms with Gasteiger partial charge in [-0.1, -0.05) is 24.3 Å². The van der Waals surface area contributed by atoms with Crippen LogP contribution in [0.1, 0.15) is 43.2 Å². The van der Waals surface area contributed by atoms with Crippen molar-refractivity contribution >= 4 is 17.7 Å². The van der Waals surface area contributed by atoms with Gasteiger partial charge in [-0.15, -0.1) is 0 Å². The molecular formula is C18H29N3S. The molecule has 1 aliphatic carbocycles. The molecule has 0 amide bonds. The third kappa shape index (κ3) is 5.24. The molecule has 2 unspecified atom stereocenters. The number of thioether (sulfide) groups is 1. The lowest BCUT2D eigenvalue weighted by Gasteiger charge is -2.12. The molecule has 0 spiro atoms. The van der Waals surface area contributed by atoms with Crippen LogP contribution >= 0.6 is 11.8 Å². The van der Waals surface area contributed by atoms with Crippen molar-refractivity contribution in [3.63, 3.8) is 0 Å². The normalized spacial score (nSPS) is 20.8. The zero-order valence-corrected chi connectivity index (χ0v) is 14.9. The molecule has 2 N–H and O–H groups in total. The number of aryl methyl sites for hydroxylation is 1. The lowest BCUT2D eigenvalue weighted by molar-refractivity contribution is 0.766. The average Bonchev–Trinajstić information content (AvgIpc) is 3.26. The Balaban J connectivity index is 1.82. The summed E-state index contributed by atoms with van der Waals surface area (Å²) in [7, 11) is 0. The Kier molecular flexibility index (Phi) is 7.10. The molecule has 4 heteroatoms. The van der Waals surface area contributed by atoms with E-state index in [-0.39, 0.29) is 0 Å². The van der Waals surface area contributed by atoms with Gasteiger partial charge in [-0.2, -0.15) is 11.8 Å². The Bertz CT molecular complexity index is 487. The zero-order valence-electron chi connectivity index (χ0n) is 14.1. The zero-order chi connectivity index (χ0) is 15.8. The van der Waals surface area contributed by atoms with Gasteiger partial charge >= 0.3 is 0 Å². The number of nitrogens with zero attached hydrogens (tertiary/aromatic N) is 1. The summed E-state index contributed by atoms with van der Waals surface area (Å²) >= 11 is 1.91. The number of hydrogen-bond acceptors (Lipinski definition) is 2. The van der Waals surface area contributed by atoms with Crippen LogP contribution in [0.5, 0.6) is 0 Å². The number of rotatable bonds is 8. The van der Waals surface area contributed by atoms with Gasteiger partial charge < -0.3 is 10.6 Å². The van der Waals surface area contributed by atoms with E-state index in [0.717, 1.165) is 19.0 Å². The van der Waals surface area contributed by atoms with Gasteiger partial charge in [0.2, 0.25) is 0 Å². The molecular weight excluding hydrogens is 290 g/mol. The highest BCUT2D eigenvalue weighted by molar-refractivity contribution is 7.98. The van der Waals surface area contributed by atoms with Crippen LogP contribution in [0.4, 0.5) is 0 Å². The first-order valence-corrected chi connectivity index (χ1v) is 9.75. The summed E-state index contributed by atoms with van der Waals surface area (Å²) in [6, 6.07) is 9.25. The van der Waals surface area contributed by atoms with E-state index >= 15 is 0 Å². The van der Waals surface area contributed by atoms with Crippen LogP contribution in [0.25, 0.3) is 0 Å². The summed E-state index contributed by atoms with van der Waals surface area (Å²) in [6.07, 6.45) is 5.79. The van der Waals surface area contributed by atoms with E-state index < -0.39 is 0 Å². The van der Waals surface area contributed by atoms with E-state index in [1.165, 1.54) is 36.1 Å². The first-order valence-electron chi connectivity index (χ1n) is 8.35. The fraction of sp³-hybridized carbons (Fsp3) is 0.611.